The molecule has 1 aliphatic rings. The molecule has 96 valence electrons. The van der Waals surface area contributed by atoms with Crippen LogP contribution in [0.1, 0.15) is 42.5 Å². The van der Waals surface area contributed by atoms with E-state index in [1.807, 2.05) is 35.2 Å². The average molecular weight is 245 g/mol. The number of carbonyl (C=O) groups is 2. The van der Waals surface area contributed by atoms with Crippen LogP contribution < -0.4 is 0 Å². The first kappa shape index (κ1) is 12.8. The Labute approximate surface area is 108 Å². The molecule has 1 fully saturated rings. The molecular formula is C15H19NO2. The number of hydrogen-bond acceptors (Lipinski definition) is 2. The number of nitrogens with zero attached hydrogens (tertiary/aromatic N) is 1. The van der Waals surface area contributed by atoms with Crippen LogP contribution in [0.4, 0.5) is 0 Å². The third-order valence-electron chi connectivity index (χ3n) is 3.35. The fourth-order valence-corrected chi connectivity index (χ4v) is 2.29. The van der Waals surface area contributed by atoms with Gasteiger partial charge in [-0.1, -0.05) is 30.3 Å². The van der Waals surface area contributed by atoms with Crippen LogP contribution >= 0.6 is 0 Å². The summed E-state index contributed by atoms with van der Waals surface area (Å²) in [6.45, 7) is 1.79. The Bertz CT molecular complexity index is 408. The summed E-state index contributed by atoms with van der Waals surface area (Å²) >= 11 is 0. The van der Waals surface area contributed by atoms with Gasteiger partial charge in [0.15, 0.2) is 5.78 Å². The molecule has 1 aliphatic heterocycles. The quantitative estimate of drug-likeness (QED) is 0.748. The van der Waals surface area contributed by atoms with Crippen molar-refractivity contribution in [2.75, 3.05) is 13.1 Å². The molecule has 0 N–H and O–H groups in total. The molecule has 1 amide bonds. The molecule has 1 aromatic carbocycles. The second kappa shape index (κ2) is 6.34. The molecule has 0 saturated carbocycles. The van der Waals surface area contributed by atoms with Crippen LogP contribution in [-0.4, -0.2) is 29.7 Å². The van der Waals surface area contributed by atoms with Gasteiger partial charge in [-0.2, -0.15) is 0 Å². The van der Waals surface area contributed by atoms with Crippen molar-refractivity contribution >= 4 is 11.7 Å². The first-order chi connectivity index (χ1) is 8.77. The molecule has 0 bridgehead atoms. The lowest BCUT2D eigenvalue weighted by atomic mass is 10.1. The number of hydrogen-bond donors (Lipinski definition) is 0. The lowest BCUT2D eigenvalue weighted by molar-refractivity contribution is -0.130. The van der Waals surface area contributed by atoms with Crippen LogP contribution in [0, 0.1) is 0 Å². The maximum atomic E-state index is 11.8. The monoisotopic (exact) mass is 245 g/mol. The Morgan fingerprint density at radius 3 is 2.33 bits per heavy atom. The molecule has 3 nitrogen and oxygen atoms in total. The van der Waals surface area contributed by atoms with Gasteiger partial charge < -0.3 is 4.90 Å². The molecule has 2 rings (SSSR count). The van der Waals surface area contributed by atoms with Crippen molar-refractivity contribution in [3.8, 4) is 0 Å². The zero-order chi connectivity index (χ0) is 12.8. The van der Waals surface area contributed by atoms with Gasteiger partial charge >= 0.3 is 0 Å². The van der Waals surface area contributed by atoms with E-state index in [1.165, 1.54) is 0 Å². The minimum atomic E-state index is 0.129. The largest absolute Gasteiger partial charge is 0.343 e. The summed E-state index contributed by atoms with van der Waals surface area (Å²) in [6, 6.07) is 9.27. The van der Waals surface area contributed by atoms with Crippen molar-refractivity contribution in [1.82, 2.24) is 4.90 Å². The van der Waals surface area contributed by atoms with Crippen LogP contribution in [0.15, 0.2) is 30.3 Å². The molecule has 1 saturated heterocycles. The van der Waals surface area contributed by atoms with E-state index in [2.05, 4.69) is 0 Å². The van der Waals surface area contributed by atoms with Gasteiger partial charge in [0.2, 0.25) is 5.91 Å². The number of rotatable bonds is 5. The fraction of sp³-hybridized carbons (Fsp3) is 0.467. The van der Waals surface area contributed by atoms with Gasteiger partial charge in [0, 0.05) is 31.5 Å². The van der Waals surface area contributed by atoms with E-state index in [9.17, 15) is 9.59 Å². The maximum absolute atomic E-state index is 11.8. The Balaban J connectivity index is 1.72. The Morgan fingerprint density at radius 1 is 1.00 bits per heavy atom. The summed E-state index contributed by atoms with van der Waals surface area (Å²) in [5.41, 5.74) is 0.742. The molecule has 3 heteroatoms. The van der Waals surface area contributed by atoms with Crippen molar-refractivity contribution in [2.45, 2.75) is 32.1 Å². The van der Waals surface area contributed by atoms with E-state index < -0.39 is 0 Å². The molecular weight excluding hydrogens is 226 g/mol. The van der Waals surface area contributed by atoms with Gasteiger partial charge in [-0.25, -0.2) is 0 Å². The summed E-state index contributed by atoms with van der Waals surface area (Å²) in [5.74, 6) is 0.332. The van der Waals surface area contributed by atoms with E-state index in [1.54, 1.807) is 0 Å². The van der Waals surface area contributed by atoms with E-state index in [0.717, 1.165) is 31.5 Å². The van der Waals surface area contributed by atoms with Crippen molar-refractivity contribution in [2.24, 2.45) is 0 Å². The first-order valence-corrected chi connectivity index (χ1v) is 6.63. The van der Waals surface area contributed by atoms with Crippen LogP contribution in [0.3, 0.4) is 0 Å². The Kier molecular flexibility index (Phi) is 4.51. The Hall–Kier alpha value is -1.64. The highest BCUT2D eigenvalue weighted by molar-refractivity contribution is 5.96. The molecule has 1 aromatic rings. The van der Waals surface area contributed by atoms with Crippen LogP contribution in [0.25, 0.3) is 0 Å². The Morgan fingerprint density at radius 2 is 1.67 bits per heavy atom. The molecule has 0 radical (unpaired) electrons. The second-order valence-electron chi connectivity index (χ2n) is 4.73. The van der Waals surface area contributed by atoms with E-state index in [4.69, 9.17) is 0 Å². The minimum absolute atomic E-state index is 0.129. The number of benzene rings is 1. The van der Waals surface area contributed by atoms with Gasteiger partial charge in [0.25, 0.3) is 0 Å². The average Bonchev–Trinajstić information content (AvgIpc) is 2.93. The number of amides is 1. The van der Waals surface area contributed by atoms with Gasteiger partial charge in [0.05, 0.1) is 0 Å². The van der Waals surface area contributed by atoms with Crippen molar-refractivity contribution in [3.63, 3.8) is 0 Å². The highest BCUT2D eigenvalue weighted by Gasteiger charge is 2.17. The molecule has 18 heavy (non-hydrogen) atoms. The van der Waals surface area contributed by atoms with Crippen LogP contribution in [0.2, 0.25) is 0 Å². The standard InChI is InChI=1S/C15H19NO2/c17-14(13-7-2-1-3-8-13)9-6-10-15(18)16-11-4-5-12-16/h1-3,7-8H,4-6,9-12H2. The maximum Gasteiger partial charge on any atom is 0.222 e. The van der Waals surface area contributed by atoms with E-state index >= 15 is 0 Å². The first-order valence-electron chi connectivity index (χ1n) is 6.63. The summed E-state index contributed by atoms with van der Waals surface area (Å²) in [4.78, 5) is 25.5. The normalized spacial score (nSPS) is 14.8. The highest BCUT2D eigenvalue weighted by Crippen LogP contribution is 2.12. The number of likely N-dealkylation sites (tertiary alicyclic amines) is 1. The van der Waals surface area contributed by atoms with Gasteiger partial charge in [-0.05, 0) is 19.3 Å². The van der Waals surface area contributed by atoms with E-state index in [0.29, 0.717) is 19.3 Å². The topological polar surface area (TPSA) is 37.4 Å². The van der Waals surface area contributed by atoms with Gasteiger partial charge in [0.1, 0.15) is 0 Å². The molecule has 0 atom stereocenters. The molecule has 1 heterocycles. The van der Waals surface area contributed by atoms with Crippen molar-refractivity contribution in [1.29, 1.82) is 0 Å². The summed E-state index contributed by atoms with van der Waals surface area (Å²) in [6.07, 6.45) is 3.86. The lowest BCUT2D eigenvalue weighted by Gasteiger charge is -2.14. The van der Waals surface area contributed by atoms with E-state index in [-0.39, 0.29) is 11.7 Å². The van der Waals surface area contributed by atoms with Crippen molar-refractivity contribution in [3.05, 3.63) is 35.9 Å². The minimum Gasteiger partial charge on any atom is -0.343 e. The fourth-order valence-electron chi connectivity index (χ4n) is 2.29. The predicted molar refractivity (Wildman–Crippen MR) is 70.4 cm³/mol. The van der Waals surface area contributed by atoms with Crippen LogP contribution in [0.5, 0.6) is 0 Å². The second-order valence-corrected chi connectivity index (χ2v) is 4.73. The molecule has 0 aliphatic carbocycles. The van der Waals surface area contributed by atoms with Crippen molar-refractivity contribution < 1.29 is 9.59 Å². The van der Waals surface area contributed by atoms with Crippen LogP contribution in [-0.2, 0) is 4.79 Å². The molecule has 0 aromatic heterocycles. The summed E-state index contributed by atoms with van der Waals surface area (Å²) in [7, 11) is 0. The number of ketones is 1. The SMILES string of the molecule is O=C(CCCC(=O)N1CCCC1)c1ccccc1. The predicted octanol–water partition coefficient (Wildman–Crippen LogP) is 2.66. The summed E-state index contributed by atoms with van der Waals surface area (Å²) < 4.78 is 0. The third kappa shape index (κ3) is 3.42. The molecule has 0 spiro atoms. The zero-order valence-electron chi connectivity index (χ0n) is 10.6. The van der Waals surface area contributed by atoms with Gasteiger partial charge in [-0.15, -0.1) is 0 Å². The lowest BCUT2D eigenvalue weighted by Crippen LogP contribution is -2.27. The highest BCUT2D eigenvalue weighted by atomic mass is 16.2. The zero-order valence-corrected chi connectivity index (χ0v) is 10.6. The van der Waals surface area contributed by atoms with Gasteiger partial charge in [-0.3, -0.25) is 9.59 Å². The third-order valence-corrected chi connectivity index (χ3v) is 3.35. The summed E-state index contributed by atoms with van der Waals surface area (Å²) in [5, 5.41) is 0. The number of Topliss-reactive ketones (excluding diaryl/α,β-unsaturated/α-hetero) is 1. The number of carbonyl (C=O) groups excluding carboxylic acids is 2. The smallest absolute Gasteiger partial charge is 0.222 e. The molecule has 0 unspecified atom stereocenters.